The van der Waals surface area contributed by atoms with E-state index in [1.54, 1.807) is 31.4 Å². The van der Waals surface area contributed by atoms with Gasteiger partial charge >= 0.3 is 0 Å². The second kappa shape index (κ2) is 9.33. The molecule has 2 fully saturated rings. The van der Waals surface area contributed by atoms with Gasteiger partial charge in [-0.25, -0.2) is 0 Å². The van der Waals surface area contributed by atoms with Crippen LogP contribution in [0, 0.1) is 24.7 Å². The Labute approximate surface area is 195 Å². The number of hydrogen-bond donors (Lipinski definition) is 0. The molecule has 2 aliphatic rings. The van der Waals surface area contributed by atoms with Crippen LogP contribution in [-0.2, 0) is 23.5 Å². The lowest BCUT2D eigenvalue weighted by atomic mass is 9.70. The van der Waals surface area contributed by atoms with E-state index in [9.17, 15) is 8.42 Å². The lowest BCUT2D eigenvalue weighted by Crippen LogP contribution is -2.54. The van der Waals surface area contributed by atoms with Gasteiger partial charge in [-0.1, -0.05) is 50.6 Å². The minimum atomic E-state index is -3.80. The quantitative estimate of drug-likeness (QED) is 0.284. The lowest BCUT2D eigenvalue weighted by Gasteiger charge is -2.48. The number of benzene rings is 1. The van der Waals surface area contributed by atoms with E-state index in [0.29, 0.717) is 5.92 Å². The third-order valence-electron chi connectivity index (χ3n) is 7.86. The molecule has 0 unspecified atom stereocenters. The first kappa shape index (κ1) is 25.6. The number of ether oxygens (including phenoxy) is 1. The van der Waals surface area contributed by atoms with E-state index >= 15 is 0 Å². The van der Waals surface area contributed by atoms with Crippen LogP contribution in [0.1, 0.15) is 45.6 Å². The fraction of sp³-hybridized carbons (Fsp3) is 0.680. The third kappa shape index (κ3) is 5.22. The predicted octanol–water partition coefficient (Wildman–Crippen LogP) is 5.71. The Morgan fingerprint density at radius 1 is 1.16 bits per heavy atom. The topological polar surface area (TPSA) is 61.8 Å². The molecule has 0 radical (unpaired) electrons. The van der Waals surface area contributed by atoms with Gasteiger partial charge in [0.25, 0.3) is 10.1 Å². The largest absolute Gasteiger partial charge is 0.411 e. The first-order valence-corrected chi connectivity index (χ1v) is 15.9. The Hall–Kier alpha value is -0.993. The Balaban J connectivity index is 1.82. The van der Waals surface area contributed by atoms with Crippen molar-refractivity contribution in [1.29, 1.82) is 0 Å². The van der Waals surface area contributed by atoms with E-state index in [0.717, 1.165) is 24.8 Å². The average molecular weight is 481 g/mol. The molecule has 3 rings (SSSR count). The van der Waals surface area contributed by atoms with Crippen LogP contribution in [0.4, 0.5) is 0 Å². The number of methoxy groups -OCH3 is 1. The van der Waals surface area contributed by atoms with Crippen LogP contribution in [0.5, 0.6) is 0 Å². The van der Waals surface area contributed by atoms with Gasteiger partial charge in [0.1, 0.15) is 0 Å². The second-order valence-corrected chi connectivity index (χ2v) is 17.4. The van der Waals surface area contributed by atoms with Crippen molar-refractivity contribution >= 4 is 18.4 Å². The molecule has 0 heterocycles. The van der Waals surface area contributed by atoms with Gasteiger partial charge in [-0.3, -0.25) is 4.18 Å². The van der Waals surface area contributed by atoms with Gasteiger partial charge in [-0.05, 0) is 68.3 Å². The molecule has 5 atom stereocenters. The predicted molar refractivity (Wildman–Crippen MR) is 131 cm³/mol. The molecular formula is C25H40O5SSi. The van der Waals surface area contributed by atoms with Gasteiger partial charge < -0.3 is 9.16 Å². The van der Waals surface area contributed by atoms with Crippen molar-refractivity contribution in [2.75, 3.05) is 13.7 Å². The number of fused-ring (bicyclic) bond motifs is 1. The molecule has 0 aromatic heterocycles. The Morgan fingerprint density at radius 3 is 2.34 bits per heavy atom. The van der Waals surface area contributed by atoms with E-state index in [1.807, 2.05) is 6.92 Å². The fourth-order valence-electron chi connectivity index (χ4n) is 4.95. The molecule has 7 heteroatoms. The van der Waals surface area contributed by atoms with E-state index in [1.165, 1.54) is 5.57 Å². The van der Waals surface area contributed by atoms with Crippen molar-refractivity contribution in [3.63, 3.8) is 0 Å². The zero-order valence-electron chi connectivity index (χ0n) is 20.7. The van der Waals surface area contributed by atoms with Gasteiger partial charge in [0.05, 0.1) is 23.7 Å². The molecule has 2 aliphatic carbocycles. The van der Waals surface area contributed by atoms with Crippen molar-refractivity contribution in [2.24, 2.45) is 17.8 Å². The summed E-state index contributed by atoms with van der Waals surface area (Å²) < 4.78 is 44.1. The second-order valence-electron chi connectivity index (χ2n) is 11.1. The van der Waals surface area contributed by atoms with Crippen molar-refractivity contribution < 1.29 is 21.8 Å². The molecule has 1 aromatic rings. The number of rotatable bonds is 7. The standard InChI is InChI=1S/C25H40O5SSi/c1-17-9-12-20(13-10-17)31(26,27)29-16-19-15-22(30-32(7,8)25(3,4)5)24(28-6)23-18(2)11-14-21(19)23/h9-10,12-13,19,21-24H,2,11,14-16H2,1,3-8H3/t19-,21+,22-,23+,24+/m1/s1. The van der Waals surface area contributed by atoms with Crippen LogP contribution in [0.15, 0.2) is 41.3 Å². The third-order valence-corrected chi connectivity index (χ3v) is 13.7. The molecule has 1 aromatic carbocycles. The van der Waals surface area contributed by atoms with Gasteiger partial charge in [0, 0.05) is 13.0 Å². The smallest absolute Gasteiger partial charge is 0.296 e. The SMILES string of the molecule is C=C1CC[C@H]2[C@@H](COS(=O)(=O)c3ccc(C)cc3)C[C@@H](O[Si](C)(C)C(C)(C)C)[C@H](OC)[C@@H]12. The summed E-state index contributed by atoms with van der Waals surface area (Å²) in [6, 6.07) is 6.80. The van der Waals surface area contributed by atoms with Crippen LogP contribution in [0.2, 0.25) is 18.1 Å². The molecular weight excluding hydrogens is 440 g/mol. The van der Waals surface area contributed by atoms with Crippen LogP contribution < -0.4 is 0 Å². The van der Waals surface area contributed by atoms with Gasteiger partial charge in [-0.2, -0.15) is 8.42 Å². The van der Waals surface area contributed by atoms with E-state index in [-0.39, 0.29) is 40.6 Å². The van der Waals surface area contributed by atoms with E-state index in [4.69, 9.17) is 13.3 Å². The Morgan fingerprint density at radius 2 is 1.78 bits per heavy atom. The summed E-state index contributed by atoms with van der Waals surface area (Å²) >= 11 is 0. The maximum absolute atomic E-state index is 12.8. The van der Waals surface area contributed by atoms with Crippen LogP contribution in [0.25, 0.3) is 0 Å². The average Bonchev–Trinajstić information content (AvgIpc) is 3.07. The molecule has 0 N–H and O–H groups in total. The van der Waals surface area contributed by atoms with Crippen molar-refractivity contribution in [3.8, 4) is 0 Å². The highest BCUT2D eigenvalue weighted by Crippen LogP contribution is 2.51. The molecule has 180 valence electrons. The highest BCUT2D eigenvalue weighted by Gasteiger charge is 2.51. The normalized spacial score (nSPS) is 29.2. The van der Waals surface area contributed by atoms with Crippen LogP contribution in [0.3, 0.4) is 0 Å². The Kier molecular flexibility index (Phi) is 7.48. The zero-order valence-corrected chi connectivity index (χ0v) is 22.5. The van der Waals surface area contributed by atoms with Gasteiger partial charge in [0.2, 0.25) is 0 Å². The monoisotopic (exact) mass is 480 g/mol. The molecule has 2 saturated carbocycles. The van der Waals surface area contributed by atoms with Crippen LogP contribution >= 0.6 is 0 Å². The first-order valence-electron chi connectivity index (χ1n) is 11.6. The summed E-state index contributed by atoms with van der Waals surface area (Å²) in [4.78, 5) is 0.204. The lowest BCUT2D eigenvalue weighted by molar-refractivity contribution is -0.0905. The zero-order chi connectivity index (χ0) is 23.9. The Bertz CT molecular complexity index is 917. The summed E-state index contributed by atoms with van der Waals surface area (Å²) in [6.07, 6.45) is 2.54. The van der Waals surface area contributed by atoms with Gasteiger partial charge in [-0.15, -0.1) is 0 Å². The summed E-state index contributed by atoms with van der Waals surface area (Å²) in [7, 11) is -4.07. The molecule has 0 saturated heterocycles. The van der Waals surface area contributed by atoms with Crippen molar-refractivity contribution in [1.82, 2.24) is 0 Å². The highest BCUT2D eigenvalue weighted by atomic mass is 32.2. The van der Waals surface area contributed by atoms with Gasteiger partial charge in [0.15, 0.2) is 8.32 Å². The van der Waals surface area contributed by atoms with Crippen LogP contribution in [-0.4, -0.2) is 42.7 Å². The summed E-state index contributed by atoms with van der Waals surface area (Å²) in [5.74, 6) is 0.569. The summed E-state index contributed by atoms with van der Waals surface area (Å²) in [6.45, 7) is 17.6. The maximum atomic E-state index is 12.8. The molecule has 0 bridgehead atoms. The van der Waals surface area contributed by atoms with E-state index < -0.39 is 18.4 Å². The summed E-state index contributed by atoms with van der Waals surface area (Å²) in [5.41, 5.74) is 2.21. The molecule has 32 heavy (non-hydrogen) atoms. The fourth-order valence-corrected chi connectivity index (χ4v) is 7.26. The van der Waals surface area contributed by atoms with E-state index in [2.05, 4.69) is 40.4 Å². The summed E-state index contributed by atoms with van der Waals surface area (Å²) in [5, 5.41) is 0.0790. The van der Waals surface area contributed by atoms with Crippen molar-refractivity contribution in [2.45, 2.75) is 82.2 Å². The molecule has 0 aliphatic heterocycles. The highest BCUT2D eigenvalue weighted by molar-refractivity contribution is 7.86. The molecule has 5 nitrogen and oxygen atoms in total. The molecule has 0 spiro atoms. The van der Waals surface area contributed by atoms with Crippen molar-refractivity contribution in [3.05, 3.63) is 42.0 Å². The number of aryl methyl sites for hydroxylation is 1. The minimum absolute atomic E-state index is 0.0471. The maximum Gasteiger partial charge on any atom is 0.296 e. The molecule has 0 amide bonds. The minimum Gasteiger partial charge on any atom is -0.411 e. The first-order chi connectivity index (χ1) is 14.8. The number of hydrogen-bond acceptors (Lipinski definition) is 5.